The Kier molecular flexibility index (Phi) is 7.21. The minimum absolute atomic E-state index is 0.253. The number of hydrogen-bond acceptors (Lipinski definition) is 2. The first-order valence-corrected chi connectivity index (χ1v) is 23.1. The minimum Gasteiger partial charge on any atom is -0.508 e. The van der Waals surface area contributed by atoms with Crippen molar-refractivity contribution in [1.29, 1.82) is 0 Å². The summed E-state index contributed by atoms with van der Waals surface area (Å²) < 4.78 is 0. The summed E-state index contributed by atoms with van der Waals surface area (Å²) >= 11 is 0. The van der Waals surface area contributed by atoms with Gasteiger partial charge in [0.2, 0.25) is 0 Å². The molecule has 15 rings (SSSR count). The van der Waals surface area contributed by atoms with Crippen molar-refractivity contribution in [1.82, 2.24) is 0 Å². The predicted octanol–water partition coefficient (Wildman–Crippen LogP) is 16.9. The standard InChI is InChI=1S/C65H38O2/c66-51-23-13-43-31-49(21-11-45(43)33-51)65(50-22-12-46-34-52(67)24-14-44(46)32-50)59-29-19-47(53-25-15-41-9-7-37-3-1-5-39-17-27-55(53)63(41)61(37)39)35-57(59)58-36-48(20-30-60(58)65)54-26-16-42-10-8-38-4-2-6-40-18-28-56(54)64(42)62(38)40/h1-36,66-67H. The zero-order valence-corrected chi connectivity index (χ0v) is 36.2. The van der Waals surface area contributed by atoms with E-state index < -0.39 is 5.41 Å². The third-order valence-electron chi connectivity index (χ3n) is 15.3. The van der Waals surface area contributed by atoms with Gasteiger partial charge >= 0.3 is 0 Å². The molecule has 2 N–H and O–H groups in total. The smallest absolute Gasteiger partial charge is 0.116 e. The van der Waals surface area contributed by atoms with Crippen molar-refractivity contribution in [2.45, 2.75) is 5.41 Å². The number of rotatable bonds is 4. The van der Waals surface area contributed by atoms with E-state index in [1.807, 2.05) is 24.3 Å². The zero-order valence-electron chi connectivity index (χ0n) is 36.2. The van der Waals surface area contributed by atoms with Crippen molar-refractivity contribution in [2.24, 2.45) is 0 Å². The van der Waals surface area contributed by atoms with E-state index >= 15 is 0 Å². The fourth-order valence-corrected chi connectivity index (χ4v) is 12.4. The number of aromatic hydroxyl groups is 2. The van der Waals surface area contributed by atoms with Gasteiger partial charge in [0.1, 0.15) is 11.5 Å². The number of phenolic OH excluding ortho intramolecular Hbond substituents is 2. The largest absolute Gasteiger partial charge is 0.508 e. The Morgan fingerprint density at radius 3 is 1.06 bits per heavy atom. The average Bonchev–Trinajstić information content (AvgIpc) is 3.66. The first-order valence-electron chi connectivity index (χ1n) is 23.1. The summed E-state index contributed by atoms with van der Waals surface area (Å²) in [6.07, 6.45) is 0. The van der Waals surface area contributed by atoms with Gasteiger partial charge in [0.15, 0.2) is 0 Å². The van der Waals surface area contributed by atoms with Crippen molar-refractivity contribution in [3.63, 3.8) is 0 Å². The van der Waals surface area contributed by atoms with Crippen molar-refractivity contribution in [2.75, 3.05) is 0 Å². The highest BCUT2D eigenvalue weighted by atomic mass is 16.3. The Labute approximate surface area is 385 Å². The lowest BCUT2D eigenvalue weighted by Gasteiger charge is -2.34. The van der Waals surface area contributed by atoms with E-state index in [2.05, 4.69) is 182 Å². The molecule has 0 unspecified atom stereocenters. The van der Waals surface area contributed by atoms with Crippen LogP contribution in [0.15, 0.2) is 218 Å². The summed E-state index contributed by atoms with van der Waals surface area (Å²) in [6, 6.07) is 79.7. The Morgan fingerprint density at radius 1 is 0.254 bits per heavy atom. The van der Waals surface area contributed by atoms with Crippen LogP contribution in [0.5, 0.6) is 11.5 Å². The maximum atomic E-state index is 10.5. The summed E-state index contributed by atoms with van der Waals surface area (Å²) in [5.74, 6) is 0.505. The van der Waals surface area contributed by atoms with E-state index in [1.165, 1.54) is 109 Å². The molecule has 14 aromatic rings. The molecule has 67 heavy (non-hydrogen) atoms. The molecule has 0 aliphatic heterocycles. The third-order valence-corrected chi connectivity index (χ3v) is 15.3. The first-order chi connectivity index (χ1) is 33.0. The van der Waals surface area contributed by atoms with E-state index in [4.69, 9.17) is 0 Å². The lowest BCUT2D eigenvalue weighted by molar-refractivity contribution is 0.475. The fourth-order valence-electron chi connectivity index (χ4n) is 12.4. The molecule has 0 aromatic heterocycles. The lowest BCUT2D eigenvalue weighted by Crippen LogP contribution is -2.28. The molecule has 0 spiro atoms. The number of benzene rings is 14. The van der Waals surface area contributed by atoms with E-state index in [1.54, 1.807) is 12.1 Å². The molecule has 0 fully saturated rings. The van der Waals surface area contributed by atoms with Crippen molar-refractivity contribution < 1.29 is 10.2 Å². The van der Waals surface area contributed by atoms with Gasteiger partial charge in [-0.15, -0.1) is 0 Å². The quantitative estimate of drug-likeness (QED) is 0.173. The molecule has 0 radical (unpaired) electrons. The van der Waals surface area contributed by atoms with Crippen LogP contribution in [-0.2, 0) is 5.41 Å². The highest BCUT2D eigenvalue weighted by Gasteiger charge is 2.46. The molecule has 14 aromatic carbocycles. The molecule has 1 aliphatic carbocycles. The van der Waals surface area contributed by atoms with Crippen LogP contribution in [0, 0.1) is 0 Å². The minimum atomic E-state index is -0.717. The van der Waals surface area contributed by atoms with Gasteiger partial charge in [-0.25, -0.2) is 0 Å². The first kappa shape index (κ1) is 36.6. The highest BCUT2D eigenvalue weighted by Crippen LogP contribution is 2.58. The normalized spacial score (nSPS) is 13.3. The molecule has 0 saturated heterocycles. The van der Waals surface area contributed by atoms with Gasteiger partial charge < -0.3 is 10.2 Å². The molecular formula is C65H38O2. The summed E-state index contributed by atoms with van der Waals surface area (Å²) in [5, 5.41) is 40.5. The highest BCUT2D eigenvalue weighted by molar-refractivity contribution is 6.27. The monoisotopic (exact) mass is 850 g/mol. The molecule has 0 saturated carbocycles. The summed E-state index contributed by atoms with van der Waals surface area (Å²) in [5.41, 5.74) is 11.2. The lowest BCUT2D eigenvalue weighted by atomic mass is 9.67. The predicted molar refractivity (Wildman–Crippen MR) is 280 cm³/mol. The third kappa shape index (κ3) is 4.99. The van der Waals surface area contributed by atoms with Crippen LogP contribution in [0.4, 0.5) is 0 Å². The maximum Gasteiger partial charge on any atom is 0.116 e. The SMILES string of the molecule is Oc1ccc2cc(C3(c4ccc5cc(O)ccc5c4)c4ccc(-c5ccc6ccc7cccc8ccc5c6c78)cc4-c4cc(-c5ccc6ccc7cccc8ccc5c6c78)ccc43)ccc2c1. The number of fused-ring (bicyclic) bond motifs is 5. The summed E-state index contributed by atoms with van der Waals surface area (Å²) in [4.78, 5) is 0. The van der Waals surface area contributed by atoms with Gasteiger partial charge in [0, 0.05) is 0 Å². The second kappa shape index (κ2) is 13.2. The maximum absolute atomic E-state index is 10.5. The van der Waals surface area contributed by atoms with E-state index in [0.717, 1.165) is 32.7 Å². The topological polar surface area (TPSA) is 40.5 Å². The van der Waals surface area contributed by atoms with Gasteiger partial charge in [0.25, 0.3) is 0 Å². The van der Waals surface area contributed by atoms with E-state index in [-0.39, 0.29) is 11.5 Å². The van der Waals surface area contributed by atoms with Gasteiger partial charge in [0.05, 0.1) is 5.41 Å². The van der Waals surface area contributed by atoms with E-state index in [9.17, 15) is 10.2 Å². The molecule has 0 amide bonds. The van der Waals surface area contributed by atoms with Crippen molar-refractivity contribution in [3.05, 3.63) is 241 Å². The number of phenols is 2. The van der Waals surface area contributed by atoms with Crippen molar-refractivity contribution >= 4 is 86.2 Å². The zero-order chi connectivity index (χ0) is 44.1. The van der Waals surface area contributed by atoms with Gasteiger partial charge in [-0.3, -0.25) is 0 Å². The molecule has 2 heteroatoms. The Hall–Kier alpha value is -8.72. The van der Waals surface area contributed by atoms with Gasteiger partial charge in [-0.2, -0.15) is 0 Å². The van der Waals surface area contributed by atoms with Crippen LogP contribution in [0.1, 0.15) is 22.3 Å². The van der Waals surface area contributed by atoms with Crippen LogP contribution in [0.2, 0.25) is 0 Å². The molecule has 2 nitrogen and oxygen atoms in total. The average molecular weight is 851 g/mol. The van der Waals surface area contributed by atoms with Crippen LogP contribution < -0.4 is 0 Å². The van der Waals surface area contributed by atoms with Crippen molar-refractivity contribution in [3.8, 4) is 44.9 Å². The molecule has 1 aliphatic rings. The molecule has 310 valence electrons. The number of hydrogen-bond donors (Lipinski definition) is 2. The molecule has 0 atom stereocenters. The van der Waals surface area contributed by atoms with Crippen LogP contribution in [0.3, 0.4) is 0 Å². The van der Waals surface area contributed by atoms with Gasteiger partial charge in [-0.1, -0.05) is 170 Å². The molecular weight excluding hydrogens is 813 g/mol. The second-order valence-electron chi connectivity index (χ2n) is 18.7. The Balaban J connectivity index is 1.04. The molecule has 0 bridgehead atoms. The van der Waals surface area contributed by atoms with Gasteiger partial charge in [-0.05, 0) is 190 Å². The van der Waals surface area contributed by atoms with Crippen LogP contribution >= 0.6 is 0 Å². The van der Waals surface area contributed by atoms with Crippen LogP contribution in [-0.4, -0.2) is 10.2 Å². The molecule has 0 heterocycles. The fraction of sp³-hybridized carbons (Fsp3) is 0.0154. The summed E-state index contributed by atoms with van der Waals surface area (Å²) in [6.45, 7) is 0. The Bertz CT molecular complexity index is 4110. The second-order valence-corrected chi connectivity index (χ2v) is 18.7. The van der Waals surface area contributed by atoms with E-state index in [0.29, 0.717) is 0 Å². The van der Waals surface area contributed by atoms with Crippen LogP contribution in [0.25, 0.3) is 120 Å². The Morgan fingerprint density at radius 2 is 0.612 bits per heavy atom. The summed E-state index contributed by atoms with van der Waals surface area (Å²) in [7, 11) is 0.